The summed E-state index contributed by atoms with van der Waals surface area (Å²) in [5.41, 5.74) is 1.54. The summed E-state index contributed by atoms with van der Waals surface area (Å²) in [5, 5.41) is 0. The van der Waals surface area contributed by atoms with E-state index in [0.29, 0.717) is 28.7 Å². The molecule has 2 aliphatic rings. The van der Waals surface area contributed by atoms with Gasteiger partial charge < -0.3 is 0 Å². The van der Waals surface area contributed by atoms with Crippen molar-refractivity contribution in [3.8, 4) is 0 Å². The maximum Gasteiger partial charge on any atom is 0.278 e. The largest absolute Gasteiger partial charge is 0.299 e. The Morgan fingerprint density at radius 3 is 2.90 bits per heavy atom. The SMILES string of the molecule is O=C(/C=C/c1c(C2C(=O)N=C3N=CC=CN32)nc2ncccn12)c1ccncc1. The van der Waals surface area contributed by atoms with Crippen molar-refractivity contribution in [1.29, 1.82) is 0 Å². The van der Waals surface area contributed by atoms with E-state index in [9.17, 15) is 9.59 Å². The number of carbonyl (C=O) groups is 2. The monoisotopic (exact) mass is 383 g/mol. The molecule has 0 fully saturated rings. The van der Waals surface area contributed by atoms with Crippen LogP contribution in [0.3, 0.4) is 0 Å². The number of pyridine rings is 1. The quantitative estimate of drug-likeness (QED) is 0.503. The van der Waals surface area contributed by atoms with Crippen LogP contribution in [0.25, 0.3) is 11.9 Å². The summed E-state index contributed by atoms with van der Waals surface area (Å²) in [6.45, 7) is 0. The number of carbonyl (C=O) groups excluding carboxylic acids is 2. The molecule has 9 heteroatoms. The zero-order valence-corrected chi connectivity index (χ0v) is 15.0. The molecule has 0 radical (unpaired) electrons. The molecule has 1 amide bonds. The number of amides is 1. The molecule has 3 aromatic heterocycles. The van der Waals surface area contributed by atoms with Crippen LogP contribution in [0.5, 0.6) is 0 Å². The molecule has 5 heterocycles. The molecule has 0 aliphatic carbocycles. The number of fused-ring (bicyclic) bond motifs is 2. The predicted octanol–water partition coefficient (Wildman–Crippen LogP) is 1.86. The topological polar surface area (TPSA) is 105 Å². The van der Waals surface area contributed by atoms with Gasteiger partial charge in [-0.2, -0.15) is 4.99 Å². The second kappa shape index (κ2) is 6.71. The van der Waals surface area contributed by atoms with Crippen LogP contribution in [0.1, 0.15) is 27.8 Å². The maximum absolute atomic E-state index is 12.6. The molecule has 0 saturated carbocycles. The summed E-state index contributed by atoms with van der Waals surface area (Å²) < 4.78 is 1.73. The van der Waals surface area contributed by atoms with Crippen molar-refractivity contribution in [3.63, 3.8) is 0 Å². The van der Waals surface area contributed by atoms with E-state index in [4.69, 9.17) is 0 Å². The van der Waals surface area contributed by atoms with Crippen LogP contribution in [0, 0.1) is 0 Å². The van der Waals surface area contributed by atoms with Crippen LogP contribution in [0.2, 0.25) is 0 Å². The lowest BCUT2D eigenvalue weighted by Gasteiger charge is -2.21. The van der Waals surface area contributed by atoms with Gasteiger partial charge in [-0.15, -0.1) is 0 Å². The molecule has 0 aromatic carbocycles. The maximum atomic E-state index is 12.6. The van der Waals surface area contributed by atoms with Crippen molar-refractivity contribution in [1.82, 2.24) is 24.3 Å². The van der Waals surface area contributed by atoms with Gasteiger partial charge in [-0.3, -0.25) is 23.9 Å². The second-order valence-electron chi connectivity index (χ2n) is 6.28. The van der Waals surface area contributed by atoms with Gasteiger partial charge in [-0.1, -0.05) is 0 Å². The van der Waals surface area contributed by atoms with Crippen LogP contribution in [0.15, 0.2) is 71.3 Å². The Balaban J connectivity index is 1.59. The summed E-state index contributed by atoms with van der Waals surface area (Å²) >= 11 is 0. The molecular weight excluding hydrogens is 370 g/mol. The van der Waals surface area contributed by atoms with Gasteiger partial charge in [0.05, 0.1) is 5.69 Å². The lowest BCUT2D eigenvalue weighted by Crippen LogP contribution is -2.28. The first-order valence-electron chi connectivity index (χ1n) is 8.79. The van der Waals surface area contributed by atoms with Gasteiger partial charge >= 0.3 is 0 Å². The first kappa shape index (κ1) is 16.9. The number of ketones is 1. The number of aromatic nitrogens is 4. The molecule has 9 nitrogen and oxygen atoms in total. The first-order valence-corrected chi connectivity index (χ1v) is 8.79. The number of imidazole rings is 1. The summed E-state index contributed by atoms with van der Waals surface area (Å²) in [5.74, 6) is 0.177. The lowest BCUT2D eigenvalue weighted by molar-refractivity contribution is -0.120. The second-order valence-corrected chi connectivity index (χ2v) is 6.28. The third-order valence-corrected chi connectivity index (χ3v) is 4.56. The summed E-state index contributed by atoms with van der Waals surface area (Å²) in [6, 6.07) is 4.27. The number of guanidine groups is 1. The van der Waals surface area contributed by atoms with Gasteiger partial charge in [0, 0.05) is 42.8 Å². The highest BCUT2D eigenvalue weighted by Gasteiger charge is 2.39. The standard InChI is InChI=1S/C20H13N7O2/c28-15(13-5-9-21-10-6-13)4-3-14-16(24-19-22-7-1-11-26(14)19)17-18(29)25-20-23-8-2-12-27(17)20/h1-12,17H/b4-3+. The molecule has 0 N–H and O–H groups in total. The van der Waals surface area contributed by atoms with Crippen molar-refractivity contribution >= 4 is 35.7 Å². The van der Waals surface area contributed by atoms with E-state index in [1.54, 1.807) is 76.9 Å². The van der Waals surface area contributed by atoms with E-state index in [-0.39, 0.29) is 11.7 Å². The highest BCUT2D eigenvalue weighted by Crippen LogP contribution is 2.32. The molecule has 3 aromatic rings. The van der Waals surface area contributed by atoms with Crippen molar-refractivity contribution in [2.45, 2.75) is 6.04 Å². The van der Waals surface area contributed by atoms with E-state index < -0.39 is 6.04 Å². The number of nitrogens with zero attached hydrogens (tertiary/aromatic N) is 7. The highest BCUT2D eigenvalue weighted by atomic mass is 16.2. The minimum absolute atomic E-state index is 0.186. The Hall–Kier alpha value is -4.27. The van der Waals surface area contributed by atoms with Gasteiger partial charge in [-0.05, 0) is 36.4 Å². The Morgan fingerprint density at radius 1 is 1.17 bits per heavy atom. The first-order chi connectivity index (χ1) is 14.2. The van der Waals surface area contributed by atoms with E-state index in [0.717, 1.165) is 0 Å². The van der Waals surface area contributed by atoms with Crippen LogP contribution in [0.4, 0.5) is 0 Å². The van der Waals surface area contributed by atoms with E-state index in [1.165, 1.54) is 6.08 Å². The Morgan fingerprint density at radius 2 is 2.03 bits per heavy atom. The zero-order valence-electron chi connectivity index (χ0n) is 15.0. The van der Waals surface area contributed by atoms with Gasteiger partial charge in [0.15, 0.2) is 11.8 Å². The van der Waals surface area contributed by atoms with Crippen molar-refractivity contribution in [2.24, 2.45) is 9.98 Å². The zero-order chi connectivity index (χ0) is 19.8. The van der Waals surface area contributed by atoms with Gasteiger partial charge in [0.2, 0.25) is 11.7 Å². The molecule has 0 saturated heterocycles. The summed E-state index contributed by atoms with van der Waals surface area (Å²) in [6.07, 6.45) is 14.6. The molecule has 140 valence electrons. The Kier molecular flexibility index (Phi) is 3.91. The summed E-state index contributed by atoms with van der Waals surface area (Å²) in [7, 11) is 0. The molecule has 0 bridgehead atoms. The van der Waals surface area contributed by atoms with Gasteiger partial charge in [0.25, 0.3) is 5.91 Å². The molecule has 1 atom stereocenters. The fourth-order valence-corrected chi connectivity index (χ4v) is 3.25. The Bertz CT molecular complexity index is 1250. The number of aliphatic imine (C=N–C) groups is 2. The highest BCUT2D eigenvalue weighted by molar-refractivity contribution is 6.09. The number of hydrogen-bond donors (Lipinski definition) is 0. The minimum atomic E-state index is -0.768. The fourth-order valence-electron chi connectivity index (χ4n) is 3.25. The smallest absolute Gasteiger partial charge is 0.278 e. The average molecular weight is 383 g/mol. The molecule has 5 rings (SSSR count). The third-order valence-electron chi connectivity index (χ3n) is 4.56. The van der Waals surface area contributed by atoms with E-state index in [1.807, 2.05) is 0 Å². The van der Waals surface area contributed by atoms with Crippen LogP contribution >= 0.6 is 0 Å². The number of allylic oxidation sites excluding steroid dienone is 2. The van der Waals surface area contributed by atoms with Crippen molar-refractivity contribution in [3.05, 3.63) is 78.3 Å². The van der Waals surface area contributed by atoms with E-state index >= 15 is 0 Å². The van der Waals surface area contributed by atoms with Gasteiger partial charge in [0.1, 0.15) is 5.69 Å². The Labute approximate surface area is 164 Å². The third kappa shape index (κ3) is 2.85. The molecule has 29 heavy (non-hydrogen) atoms. The average Bonchev–Trinajstić information content (AvgIpc) is 3.28. The summed E-state index contributed by atoms with van der Waals surface area (Å²) in [4.78, 5) is 47.7. The predicted molar refractivity (Wildman–Crippen MR) is 105 cm³/mol. The molecule has 2 aliphatic heterocycles. The molecular formula is C20H13N7O2. The van der Waals surface area contributed by atoms with Gasteiger partial charge in [-0.25, -0.2) is 15.0 Å². The van der Waals surface area contributed by atoms with Crippen LogP contribution in [-0.2, 0) is 4.79 Å². The van der Waals surface area contributed by atoms with Crippen LogP contribution < -0.4 is 0 Å². The molecule has 1 unspecified atom stereocenters. The molecule has 0 spiro atoms. The number of rotatable bonds is 4. The van der Waals surface area contributed by atoms with Crippen molar-refractivity contribution in [2.75, 3.05) is 0 Å². The van der Waals surface area contributed by atoms with Crippen molar-refractivity contribution < 1.29 is 9.59 Å². The number of hydrogen-bond acceptors (Lipinski definition) is 7. The lowest BCUT2D eigenvalue weighted by atomic mass is 10.1. The van der Waals surface area contributed by atoms with Crippen LogP contribution in [-0.4, -0.2) is 48.1 Å². The fraction of sp³-hybridized carbons (Fsp3) is 0.0500. The van der Waals surface area contributed by atoms with E-state index in [2.05, 4.69) is 24.9 Å². The minimum Gasteiger partial charge on any atom is -0.299 e. The normalized spacial score (nSPS) is 17.9.